The quantitative estimate of drug-likeness (QED) is 0.623. The van der Waals surface area contributed by atoms with Crippen LogP contribution in [-0.4, -0.2) is 67.1 Å². The summed E-state index contributed by atoms with van der Waals surface area (Å²) in [7, 11) is 2.12. The van der Waals surface area contributed by atoms with Crippen LogP contribution in [0.25, 0.3) is 0 Å². The molecule has 2 aliphatic rings. The maximum atomic E-state index is 14.2. The maximum Gasteiger partial charge on any atom is 0.308 e. The summed E-state index contributed by atoms with van der Waals surface area (Å²) < 4.78 is 28.0. The second-order valence-electron chi connectivity index (χ2n) is 6.55. The van der Waals surface area contributed by atoms with E-state index in [1.807, 2.05) is 0 Å². The number of nitro benzene ring substituents is 1. The standard InChI is InChI=1S/C16H22F2N4O2/c1-19-8-10-20(11-9-19)12-4-6-21(7-5-12)13-2-3-14(22(23)24)16(18)15(13)17/h2-3,12H,4-11H2,1H3. The molecule has 0 spiro atoms. The van der Waals surface area contributed by atoms with Gasteiger partial charge in [0, 0.05) is 51.4 Å². The fourth-order valence-electron chi connectivity index (χ4n) is 3.57. The monoisotopic (exact) mass is 340 g/mol. The van der Waals surface area contributed by atoms with Gasteiger partial charge in [-0.25, -0.2) is 4.39 Å². The van der Waals surface area contributed by atoms with Crippen molar-refractivity contribution in [3.63, 3.8) is 0 Å². The molecule has 1 aromatic rings. The minimum atomic E-state index is -1.38. The van der Waals surface area contributed by atoms with Gasteiger partial charge in [0.15, 0.2) is 5.82 Å². The number of likely N-dealkylation sites (N-methyl/N-ethyl adjacent to an activating group) is 1. The van der Waals surface area contributed by atoms with Gasteiger partial charge >= 0.3 is 5.69 Å². The van der Waals surface area contributed by atoms with Gasteiger partial charge in [0.1, 0.15) is 0 Å². The van der Waals surface area contributed by atoms with Crippen LogP contribution in [0.15, 0.2) is 12.1 Å². The smallest absolute Gasteiger partial charge is 0.308 e. The summed E-state index contributed by atoms with van der Waals surface area (Å²) in [6.07, 6.45) is 1.78. The highest BCUT2D eigenvalue weighted by Crippen LogP contribution is 2.30. The van der Waals surface area contributed by atoms with Crippen LogP contribution in [0.1, 0.15) is 12.8 Å². The van der Waals surface area contributed by atoms with Crippen LogP contribution < -0.4 is 4.90 Å². The van der Waals surface area contributed by atoms with E-state index in [1.54, 1.807) is 4.90 Å². The summed E-state index contributed by atoms with van der Waals surface area (Å²) in [6.45, 7) is 5.46. The largest absolute Gasteiger partial charge is 0.369 e. The van der Waals surface area contributed by atoms with Crippen molar-refractivity contribution < 1.29 is 13.7 Å². The Morgan fingerprint density at radius 2 is 1.67 bits per heavy atom. The van der Waals surface area contributed by atoms with Crippen molar-refractivity contribution in [2.45, 2.75) is 18.9 Å². The summed E-state index contributed by atoms with van der Waals surface area (Å²) in [4.78, 5) is 16.3. The molecule has 2 fully saturated rings. The molecule has 0 unspecified atom stereocenters. The van der Waals surface area contributed by atoms with Crippen LogP contribution in [0.4, 0.5) is 20.2 Å². The van der Waals surface area contributed by atoms with Crippen LogP contribution in [0.2, 0.25) is 0 Å². The second kappa shape index (κ2) is 6.98. The molecule has 0 bridgehead atoms. The van der Waals surface area contributed by atoms with Crippen molar-refractivity contribution in [2.75, 3.05) is 51.2 Å². The molecular weight excluding hydrogens is 318 g/mol. The van der Waals surface area contributed by atoms with Crippen molar-refractivity contribution in [1.29, 1.82) is 0 Å². The average molecular weight is 340 g/mol. The Morgan fingerprint density at radius 1 is 1.04 bits per heavy atom. The highest BCUT2D eigenvalue weighted by Gasteiger charge is 2.29. The molecule has 2 aliphatic heterocycles. The fraction of sp³-hybridized carbons (Fsp3) is 0.625. The number of hydrogen-bond acceptors (Lipinski definition) is 5. The van der Waals surface area contributed by atoms with E-state index in [0.29, 0.717) is 19.1 Å². The van der Waals surface area contributed by atoms with E-state index in [1.165, 1.54) is 6.07 Å². The first-order valence-corrected chi connectivity index (χ1v) is 8.27. The molecular formula is C16H22F2N4O2. The molecule has 0 radical (unpaired) electrons. The molecule has 3 rings (SSSR count). The molecule has 24 heavy (non-hydrogen) atoms. The Labute approximate surface area is 139 Å². The zero-order valence-corrected chi connectivity index (χ0v) is 13.8. The van der Waals surface area contributed by atoms with Crippen LogP contribution in [0.3, 0.4) is 0 Å². The number of halogens is 2. The van der Waals surface area contributed by atoms with Crippen LogP contribution in [0.5, 0.6) is 0 Å². The Hall–Kier alpha value is -1.80. The van der Waals surface area contributed by atoms with Crippen LogP contribution in [0, 0.1) is 21.7 Å². The molecule has 0 aromatic heterocycles. The third-order valence-electron chi connectivity index (χ3n) is 5.10. The van der Waals surface area contributed by atoms with Crippen LogP contribution in [-0.2, 0) is 0 Å². The molecule has 2 saturated heterocycles. The number of rotatable bonds is 3. The van der Waals surface area contributed by atoms with Crippen molar-refractivity contribution >= 4 is 11.4 Å². The first kappa shape index (κ1) is 17.0. The minimum absolute atomic E-state index is 0.120. The second-order valence-corrected chi connectivity index (χ2v) is 6.55. The first-order chi connectivity index (χ1) is 11.5. The summed E-state index contributed by atoms with van der Waals surface area (Å²) in [5.74, 6) is -2.50. The molecule has 6 nitrogen and oxygen atoms in total. The molecule has 0 N–H and O–H groups in total. The van der Waals surface area contributed by atoms with Gasteiger partial charge < -0.3 is 9.80 Å². The lowest BCUT2D eigenvalue weighted by atomic mass is 10.0. The molecule has 132 valence electrons. The normalized spacial score (nSPS) is 21.2. The number of anilines is 1. The zero-order chi connectivity index (χ0) is 17.3. The number of hydrogen-bond donors (Lipinski definition) is 0. The van der Waals surface area contributed by atoms with Gasteiger partial charge in [0.2, 0.25) is 5.82 Å². The predicted molar refractivity (Wildman–Crippen MR) is 87.3 cm³/mol. The number of nitrogens with zero attached hydrogens (tertiary/aromatic N) is 4. The third-order valence-corrected chi connectivity index (χ3v) is 5.10. The lowest BCUT2D eigenvalue weighted by Crippen LogP contribution is -2.52. The first-order valence-electron chi connectivity index (χ1n) is 8.27. The van der Waals surface area contributed by atoms with Gasteiger partial charge in [-0.05, 0) is 26.0 Å². The Bertz CT molecular complexity index is 612. The van der Waals surface area contributed by atoms with E-state index >= 15 is 0 Å². The Morgan fingerprint density at radius 3 is 2.25 bits per heavy atom. The minimum Gasteiger partial charge on any atom is -0.369 e. The summed E-state index contributed by atoms with van der Waals surface area (Å²) in [5, 5.41) is 10.7. The topological polar surface area (TPSA) is 52.9 Å². The molecule has 0 atom stereocenters. The number of benzene rings is 1. The van der Waals surface area contributed by atoms with Crippen molar-refractivity contribution in [1.82, 2.24) is 9.80 Å². The van der Waals surface area contributed by atoms with E-state index in [0.717, 1.165) is 45.1 Å². The van der Waals surface area contributed by atoms with Gasteiger partial charge in [-0.15, -0.1) is 0 Å². The average Bonchev–Trinajstić information content (AvgIpc) is 2.58. The van der Waals surface area contributed by atoms with Gasteiger partial charge in [-0.2, -0.15) is 4.39 Å². The van der Waals surface area contributed by atoms with E-state index < -0.39 is 22.2 Å². The fourth-order valence-corrected chi connectivity index (χ4v) is 3.57. The molecule has 8 heteroatoms. The highest BCUT2D eigenvalue weighted by atomic mass is 19.2. The number of piperidine rings is 1. The summed E-state index contributed by atoms with van der Waals surface area (Å²) in [5.41, 5.74) is -0.696. The van der Waals surface area contributed by atoms with Crippen molar-refractivity contribution in [2.24, 2.45) is 0 Å². The molecule has 0 aliphatic carbocycles. The third kappa shape index (κ3) is 3.34. The van der Waals surface area contributed by atoms with E-state index in [9.17, 15) is 18.9 Å². The van der Waals surface area contributed by atoms with Crippen LogP contribution >= 0.6 is 0 Å². The van der Waals surface area contributed by atoms with E-state index in [-0.39, 0.29) is 5.69 Å². The highest BCUT2D eigenvalue weighted by molar-refractivity contribution is 5.53. The van der Waals surface area contributed by atoms with Gasteiger partial charge in [0.05, 0.1) is 10.6 Å². The summed E-state index contributed by atoms with van der Waals surface area (Å²) >= 11 is 0. The maximum absolute atomic E-state index is 14.2. The molecule has 2 heterocycles. The summed E-state index contributed by atoms with van der Waals surface area (Å²) in [6, 6.07) is 2.83. The van der Waals surface area contributed by atoms with Crippen molar-refractivity contribution in [3.05, 3.63) is 33.9 Å². The Kier molecular flexibility index (Phi) is 4.96. The van der Waals surface area contributed by atoms with Gasteiger partial charge in [-0.3, -0.25) is 15.0 Å². The van der Waals surface area contributed by atoms with E-state index in [2.05, 4.69) is 16.8 Å². The predicted octanol–water partition coefficient (Wildman–Crippen LogP) is 2.09. The molecule has 0 saturated carbocycles. The van der Waals surface area contributed by atoms with Crippen molar-refractivity contribution in [3.8, 4) is 0 Å². The Balaban J connectivity index is 1.65. The van der Waals surface area contributed by atoms with Gasteiger partial charge in [0.25, 0.3) is 0 Å². The van der Waals surface area contributed by atoms with E-state index in [4.69, 9.17) is 0 Å². The lowest BCUT2D eigenvalue weighted by molar-refractivity contribution is -0.387. The van der Waals surface area contributed by atoms with Gasteiger partial charge in [-0.1, -0.05) is 0 Å². The zero-order valence-electron chi connectivity index (χ0n) is 13.8. The number of nitro groups is 1. The molecule has 1 aromatic carbocycles. The SMILES string of the molecule is CN1CCN(C2CCN(c3ccc([N+](=O)[O-])c(F)c3F)CC2)CC1. The lowest BCUT2D eigenvalue weighted by Gasteiger charge is -2.42. The molecule has 0 amide bonds. The number of piperazine rings is 1.